The zero-order chi connectivity index (χ0) is 16.8. The van der Waals surface area contributed by atoms with E-state index in [1.54, 1.807) is 0 Å². The molecule has 1 aromatic heterocycles. The number of hydrogen-bond donors (Lipinski definition) is 2. The minimum Gasteiger partial charge on any atom is -0.352 e. The number of rotatable bonds is 8. The molecule has 1 amide bonds. The lowest BCUT2D eigenvalue weighted by Crippen LogP contribution is -2.40. The molecule has 1 rings (SSSR count). The van der Waals surface area contributed by atoms with E-state index in [-0.39, 0.29) is 17.4 Å². The summed E-state index contributed by atoms with van der Waals surface area (Å²) in [5, 5.41) is 6.96. The number of nitrogens with zero attached hydrogens (tertiary/aromatic N) is 2. The van der Waals surface area contributed by atoms with Crippen molar-refractivity contribution in [3.63, 3.8) is 0 Å². The molecular formula is C16H30N4O2. The van der Waals surface area contributed by atoms with Crippen LogP contribution in [0.15, 0.2) is 4.52 Å². The zero-order valence-electron chi connectivity index (χ0n) is 14.5. The van der Waals surface area contributed by atoms with E-state index in [2.05, 4.69) is 29.3 Å². The maximum Gasteiger partial charge on any atom is 0.226 e. The fraction of sp³-hybridized carbons (Fsp3) is 0.812. The van der Waals surface area contributed by atoms with Crippen LogP contribution in [-0.4, -0.2) is 28.6 Å². The van der Waals surface area contributed by atoms with Gasteiger partial charge in [0.1, 0.15) is 0 Å². The van der Waals surface area contributed by atoms with Crippen LogP contribution >= 0.6 is 0 Å². The van der Waals surface area contributed by atoms with Gasteiger partial charge in [0.05, 0.1) is 0 Å². The number of amides is 1. The number of carbonyl (C=O) groups excluding carboxylic acids is 1. The first kappa shape index (κ1) is 18.6. The summed E-state index contributed by atoms with van der Waals surface area (Å²) in [5.41, 5.74) is 5.56. The van der Waals surface area contributed by atoms with Gasteiger partial charge >= 0.3 is 0 Å². The highest BCUT2D eigenvalue weighted by Crippen LogP contribution is 2.18. The molecule has 1 aromatic rings. The van der Waals surface area contributed by atoms with Gasteiger partial charge in [0.2, 0.25) is 11.8 Å². The molecule has 6 heteroatoms. The lowest BCUT2D eigenvalue weighted by molar-refractivity contribution is -0.121. The molecule has 0 bridgehead atoms. The van der Waals surface area contributed by atoms with E-state index in [1.807, 2.05) is 20.8 Å². The second-order valence-corrected chi connectivity index (χ2v) is 7.24. The lowest BCUT2D eigenvalue weighted by atomic mass is 9.96. The van der Waals surface area contributed by atoms with Crippen molar-refractivity contribution >= 4 is 5.91 Å². The van der Waals surface area contributed by atoms with Crippen molar-refractivity contribution in [3.8, 4) is 0 Å². The van der Waals surface area contributed by atoms with Crippen molar-refractivity contribution in [2.75, 3.05) is 6.54 Å². The van der Waals surface area contributed by atoms with Crippen LogP contribution < -0.4 is 11.1 Å². The number of nitrogens with two attached hydrogens (primary N) is 1. The van der Waals surface area contributed by atoms with Crippen molar-refractivity contribution in [1.29, 1.82) is 0 Å². The van der Waals surface area contributed by atoms with Gasteiger partial charge < -0.3 is 15.6 Å². The van der Waals surface area contributed by atoms with Crippen LogP contribution in [0, 0.1) is 5.92 Å². The van der Waals surface area contributed by atoms with E-state index in [0.717, 1.165) is 6.42 Å². The van der Waals surface area contributed by atoms with Gasteiger partial charge in [-0.15, -0.1) is 0 Å². The molecule has 0 saturated heterocycles. The van der Waals surface area contributed by atoms with E-state index in [0.29, 0.717) is 43.4 Å². The quantitative estimate of drug-likeness (QED) is 0.767. The molecule has 0 saturated carbocycles. The van der Waals surface area contributed by atoms with Gasteiger partial charge in [-0.3, -0.25) is 4.79 Å². The average Bonchev–Trinajstić information content (AvgIpc) is 2.86. The van der Waals surface area contributed by atoms with E-state index >= 15 is 0 Å². The van der Waals surface area contributed by atoms with Crippen LogP contribution in [0.5, 0.6) is 0 Å². The van der Waals surface area contributed by atoms with Gasteiger partial charge in [-0.05, 0) is 18.8 Å². The second-order valence-electron chi connectivity index (χ2n) is 7.24. The minimum atomic E-state index is -0.121. The Morgan fingerprint density at radius 1 is 1.36 bits per heavy atom. The first-order valence-corrected chi connectivity index (χ1v) is 8.05. The van der Waals surface area contributed by atoms with Crippen LogP contribution in [-0.2, 0) is 16.6 Å². The third kappa shape index (κ3) is 6.56. The van der Waals surface area contributed by atoms with E-state index < -0.39 is 0 Å². The molecule has 0 aliphatic heterocycles. The summed E-state index contributed by atoms with van der Waals surface area (Å²) in [4.78, 5) is 16.3. The van der Waals surface area contributed by atoms with E-state index in [4.69, 9.17) is 10.3 Å². The van der Waals surface area contributed by atoms with Crippen molar-refractivity contribution in [3.05, 3.63) is 11.7 Å². The van der Waals surface area contributed by atoms with Crippen LogP contribution in [0.4, 0.5) is 0 Å². The predicted octanol–water partition coefficient (Wildman–Crippen LogP) is 2.18. The Hall–Kier alpha value is -1.43. The molecule has 0 radical (unpaired) electrons. The molecule has 0 aliphatic carbocycles. The summed E-state index contributed by atoms with van der Waals surface area (Å²) in [7, 11) is 0. The summed E-state index contributed by atoms with van der Waals surface area (Å²) < 4.78 is 5.22. The van der Waals surface area contributed by atoms with Gasteiger partial charge in [-0.1, -0.05) is 39.8 Å². The van der Waals surface area contributed by atoms with Gasteiger partial charge in [-0.2, -0.15) is 4.98 Å². The summed E-state index contributed by atoms with van der Waals surface area (Å²) in [5.74, 6) is 1.84. The Labute approximate surface area is 133 Å². The monoisotopic (exact) mass is 310 g/mol. The highest BCUT2D eigenvalue weighted by molar-refractivity contribution is 5.76. The molecule has 0 fully saturated rings. The molecule has 1 heterocycles. The molecule has 0 aliphatic rings. The topological polar surface area (TPSA) is 94.0 Å². The van der Waals surface area contributed by atoms with Gasteiger partial charge in [0.15, 0.2) is 5.82 Å². The van der Waals surface area contributed by atoms with Gasteiger partial charge in [0, 0.05) is 30.8 Å². The molecule has 1 atom stereocenters. The fourth-order valence-electron chi connectivity index (χ4n) is 2.14. The summed E-state index contributed by atoms with van der Waals surface area (Å²) in [6, 6.07) is 0.0587. The first-order chi connectivity index (χ1) is 10.2. The molecule has 1 unspecified atom stereocenters. The van der Waals surface area contributed by atoms with Crippen molar-refractivity contribution < 1.29 is 9.32 Å². The molecule has 0 spiro atoms. The molecule has 0 aromatic carbocycles. The van der Waals surface area contributed by atoms with Crippen molar-refractivity contribution in [2.45, 2.75) is 71.8 Å². The fourth-order valence-corrected chi connectivity index (χ4v) is 2.14. The maximum atomic E-state index is 11.9. The number of carbonyl (C=O) groups is 1. The Morgan fingerprint density at radius 3 is 2.55 bits per heavy atom. The predicted molar refractivity (Wildman–Crippen MR) is 86.4 cm³/mol. The van der Waals surface area contributed by atoms with Crippen LogP contribution in [0.2, 0.25) is 0 Å². The number of hydrogen-bond acceptors (Lipinski definition) is 5. The SMILES string of the molecule is CC(C)CC(CN)NC(=O)CCCc1nc(C(C)(C)C)no1. The van der Waals surface area contributed by atoms with Crippen molar-refractivity contribution in [2.24, 2.45) is 11.7 Å². The lowest BCUT2D eigenvalue weighted by Gasteiger charge is -2.18. The molecule has 3 N–H and O–H groups in total. The zero-order valence-corrected chi connectivity index (χ0v) is 14.5. The summed E-state index contributed by atoms with van der Waals surface area (Å²) in [6.45, 7) is 10.8. The molecule has 22 heavy (non-hydrogen) atoms. The highest BCUT2D eigenvalue weighted by atomic mass is 16.5. The highest BCUT2D eigenvalue weighted by Gasteiger charge is 2.21. The second kappa shape index (κ2) is 8.27. The smallest absolute Gasteiger partial charge is 0.226 e. The Morgan fingerprint density at radius 2 is 2.05 bits per heavy atom. The van der Waals surface area contributed by atoms with Crippen molar-refractivity contribution in [1.82, 2.24) is 15.5 Å². The Kier molecular flexibility index (Phi) is 7.00. The number of aromatic nitrogens is 2. The third-order valence-corrected chi connectivity index (χ3v) is 3.34. The van der Waals surface area contributed by atoms with E-state index in [1.165, 1.54) is 0 Å². The first-order valence-electron chi connectivity index (χ1n) is 8.05. The third-order valence-electron chi connectivity index (χ3n) is 3.34. The van der Waals surface area contributed by atoms with E-state index in [9.17, 15) is 4.79 Å². The molecular weight excluding hydrogens is 280 g/mol. The largest absolute Gasteiger partial charge is 0.352 e. The Bertz CT molecular complexity index is 463. The average molecular weight is 310 g/mol. The van der Waals surface area contributed by atoms with Crippen LogP contribution in [0.25, 0.3) is 0 Å². The number of aryl methyl sites for hydroxylation is 1. The normalized spacial score (nSPS) is 13.4. The maximum absolute atomic E-state index is 11.9. The Balaban J connectivity index is 2.34. The van der Waals surface area contributed by atoms with Crippen LogP contribution in [0.3, 0.4) is 0 Å². The van der Waals surface area contributed by atoms with Crippen LogP contribution in [0.1, 0.15) is 65.6 Å². The number of nitrogens with one attached hydrogen (secondary N) is 1. The standard InChI is InChI=1S/C16H30N4O2/c1-11(2)9-12(10-17)18-13(21)7-6-8-14-19-15(20-22-14)16(3,4)5/h11-12H,6-10,17H2,1-5H3,(H,18,21). The van der Waals surface area contributed by atoms with Gasteiger partial charge in [-0.25, -0.2) is 0 Å². The molecule has 126 valence electrons. The van der Waals surface area contributed by atoms with Gasteiger partial charge in [0.25, 0.3) is 0 Å². The summed E-state index contributed by atoms with van der Waals surface area (Å²) in [6.07, 6.45) is 2.66. The summed E-state index contributed by atoms with van der Waals surface area (Å²) >= 11 is 0. The molecule has 6 nitrogen and oxygen atoms in total. The minimum absolute atomic E-state index is 0.0339.